The van der Waals surface area contributed by atoms with Crippen LogP contribution in [0.2, 0.25) is 8.67 Å². The van der Waals surface area contributed by atoms with Crippen molar-refractivity contribution in [3.63, 3.8) is 0 Å². The van der Waals surface area contributed by atoms with Gasteiger partial charge in [0, 0.05) is 25.7 Å². The summed E-state index contributed by atoms with van der Waals surface area (Å²) in [5, 5.41) is 10.2. The average Bonchev–Trinajstić information content (AvgIpc) is 3.63. The van der Waals surface area contributed by atoms with Crippen LogP contribution in [0.15, 0.2) is 29.2 Å². The van der Waals surface area contributed by atoms with Crippen LogP contribution >= 0.6 is 34.5 Å². The number of nitrogens with zero attached hydrogens (tertiary/aromatic N) is 1. The molecule has 2 aromatic heterocycles. The first kappa shape index (κ1) is 29.8. The van der Waals surface area contributed by atoms with Crippen molar-refractivity contribution in [2.75, 3.05) is 12.4 Å². The third-order valence-electron chi connectivity index (χ3n) is 7.34. The molecule has 4 rings (SSSR count). The maximum absolute atomic E-state index is 13.2. The number of hydrogen-bond donors (Lipinski definition) is 4. The van der Waals surface area contributed by atoms with Crippen molar-refractivity contribution in [3.8, 4) is 0 Å². The Bertz CT molecular complexity index is 1390. The monoisotopic (exact) mass is 609 g/mol. The first-order valence-electron chi connectivity index (χ1n) is 12.9. The van der Waals surface area contributed by atoms with E-state index < -0.39 is 35.1 Å². The molecule has 2 aliphatic carbocycles. The number of aromatic nitrogens is 1. The van der Waals surface area contributed by atoms with Gasteiger partial charge >= 0.3 is 0 Å². The molecule has 0 spiro atoms. The first-order chi connectivity index (χ1) is 19.0. The van der Waals surface area contributed by atoms with Crippen molar-refractivity contribution < 1.29 is 24.0 Å². The number of carbonyl (C=O) groups excluding carboxylic acids is 5. The van der Waals surface area contributed by atoms with Crippen LogP contribution in [0.1, 0.15) is 48.9 Å². The fraction of sp³-hybridized carbons (Fsp3) is 0.462. The smallest absolute Gasteiger partial charge is 0.287 e. The summed E-state index contributed by atoms with van der Waals surface area (Å²) in [4.78, 5) is 75.4. The van der Waals surface area contributed by atoms with Gasteiger partial charge in [-0.3, -0.25) is 28.8 Å². The summed E-state index contributed by atoms with van der Waals surface area (Å²) in [6.07, 6.45) is 5.26. The number of hydrogen-bond acceptors (Lipinski definition) is 7. The van der Waals surface area contributed by atoms with E-state index in [0.717, 1.165) is 30.6 Å². The quantitative estimate of drug-likeness (QED) is 0.287. The zero-order valence-electron chi connectivity index (χ0n) is 21.6. The van der Waals surface area contributed by atoms with Crippen molar-refractivity contribution in [3.05, 3.63) is 49.0 Å². The highest BCUT2D eigenvalue weighted by Gasteiger charge is 2.40. The van der Waals surface area contributed by atoms with Crippen LogP contribution in [0.3, 0.4) is 0 Å². The lowest BCUT2D eigenvalue weighted by molar-refractivity contribution is -0.137. The molecule has 0 aromatic carbocycles. The van der Waals surface area contributed by atoms with Crippen LogP contribution in [-0.2, 0) is 25.7 Å². The minimum atomic E-state index is -1.30. The van der Waals surface area contributed by atoms with E-state index >= 15 is 0 Å². The Hall–Kier alpha value is -3.22. The number of pyridine rings is 1. The summed E-state index contributed by atoms with van der Waals surface area (Å²) in [6, 6.07) is 3.04. The molecule has 4 N–H and O–H groups in total. The molecule has 2 heterocycles. The summed E-state index contributed by atoms with van der Waals surface area (Å²) < 4.78 is 1.56. The number of amides is 4. The number of halogens is 2. The van der Waals surface area contributed by atoms with E-state index in [4.69, 9.17) is 23.2 Å². The van der Waals surface area contributed by atoms with Crippen LogP contribution in [0.25, 0.3) is 0 Å². The molecule has 214 valence electrons. The lowest BCUT2D eigenvalue weighted by atomic mass is 9.95. The zero-order chi connectivity index (χ0) is 29.0. The van der Waals surface area contributed by atoms with Crippen molar-refractivity contribution in [2.45, 2.75) is 57.2 Å². The van der Waals surface area contributed by atoms with E-state index in [1.807, 2.05) is 0 Å². The summed E-state index contributed by atoms with van der Waals surface area (Å²) >= 11 is 13.0. The SMILES string of the molecule is CNC(=O)C(=O)CC[C@H](NC(=O)c1cc(Cl)sc1Cl)C(=O)Nc1cccn(CC(=O)NC2CC3CCC2C3)c1=O. The van der Waals surface area contributed by atoms with Crippen molar-refractivity contribution in [1.29, 1.82) is 0 Å². The van der Waals surface area contributed by atoms with Crippen LogP contribution in [0, 0.1) is 11.8 Å². The number of anilines is 1. The molecule has 14 heteroatoms. The highest BCUT2D eigenvalue weighted by molar-refractivity contribution is 7.20. The Labute approximate surface area is 244 Å². The Morgan fingerprint density at radius 1 is 1.15 bits per heavy atom. The molecule has 3 unspecified atom stereocenters. The van der Waals surface area contributed by atoms with E-state index in [-0.39, 0.29) is 51.3 Å². The second-order valence-electron chi connectivity index (χ2n) is 10.00. The molecule has 2 aromatic rings. The molecule has 0 radical (unpaired) electrons. The number of Topliss-reactive ketones (excluding diaryl/α,β-unsaturated/α-hetero) is 1. The Morgan fingerprint density at radius 2 is 1.93 bits per heavy atom. The Morgan fingerprint density at radius 3 is 2.55 bits per heavy atom. The van der Waals surface area contributed by atoms with Gasteiger partial charge in [-0.2, -0.15) is 0 Å². The minimum absolute atomic E-state index is 0.0376. The number of ketones is 1. The number of nitrogens with one attached hydrogen (secondary N) is 4. The third kappa shape index (κ3) is 7.10. The number of thiophene rings is 1. The molecule has 2 bridgehead atoms. The molecule has 2 aliphatic rings. The van der Waals surface area contributed by atoms with Gasteiger partial charge in [-0.05, 0) is 55.7 Å². The average molecular weight is 611 g/mol. The van der Waals surface area contributed by atoms with Gasteiger partial charge < -0.3 is 25.8 Å². The van der Waals surface area contributed by atoms with Crippen LogP contribution in [0.5, 0.6) is 0 Å². The molecule has 4 atom stereocenters. The summed E-state index contributed by atoms with van der Waals surface area (Å²) in [5.41, 5.74) is -0.692. The van der Waals surface area contributed by atoms with Crippen molar-refractivity contribution in [1.82, 2.24) is 20.5 Å². The standard InChI is InChI=1S/C26H29Cl2N5O6S/c1-29-25(38)19(34)7-6-16(31-23(36)15-11-20(27)40-22(15)28)24(37)32-17-3-2-8-33(26(17)39)12-21(35)30-18-10-13-4-5-14(18)9-13/h2-3,8,11,13-14,16,18H,4-7,9-10,12H2,1H3,(H,29,38)(H,30,35)(H,31,36)(H,32,37)/t13?,14?,16-,18?/m0/s1. The summed E-state index contributed by atoms with van der Waals surface area (Å²) in [7, 11) is 1.30. The molecular formula is C26H29Cl2N5O6S. The van der Waals surface area contributed by atoms with E-state index in [2.05, 4.69) is 21.3 Å². The second kappa shape index (κ2) is 13.0. The first-order valence-corrected chi connectivity index (χ1v) is 14.4. The molecule has 0 saturated heterocycles. The predicted octanol–water partition coefficient (Wildman–Crippen LogP) is 2.35. The molecular weight excluding hydrogens is 581 g/mol. The van der Waals surface area contributed by atoms with Gasteiger partial charge in [0.15, 0.2) is 0 Å². The highest BCUT2D eigenvalue weighted by atomic mass is 35.5. The highest BCUT2D eigenvalue weighted by Crippen LogP contribution is 2.44. The molecule has 0 aliphatic heterocycles. The molecule has 11 nitrogen and oxygen atoms in total. The Balaban J connectivity index is 1.44. The molecule has 2 saturated carbocycles. The van der Waals surface area contributed by atoms with Crippen molar-refractivity contribution in [2.24, 2.45) is 11.8 Å². The van der Waals surface area contributed by atoms with Gasteiger partial charge in [0.2, 0.25) is 17.6 Å². The maximum atomic E-state index is 13.2. The predicted molar refractivity (Wildman–Crippen MR) is 151 cm³/mol. The van der Waals surface area contributed by atoms with E-state index in [1.54, 1.807) is 0 Å². The lowest BCUT2D eigenvalue weighted by Gasteiger charge is -2.23. The van der Waals surface area contributed by atoms with Gasteiger partial charge in [-0.1, -0.05) is 29.6 Å². The molecule has 40 heavy (non-hydrogen) atoms. The number of likely N-dealkylation sites (N-methyl/N-ethyl adjacent to an activating group) is 1. The van der Waals surface area contributed by atoms with E-state index in [0.29, 0.717) is 11.8 Å². The summed E-state index contributed by atoms with van der Waals surface area (Å²) in [6.45, 7) is -0.214. The number of rotatable bonds is 11. The van der Waals surface area contributed by atoms with Crippen LogP contribution in [0.4, 0.5) is 5.69 Å². The van der Waals surface area contributed by atoms with E-state index in [1.165, 1.54) is 42.4 Å². The van der Waals surface area contributed by atoms with E-state index in [9.17, 15) is 28.8 Å². The van der Waals surface area contributed by atoms with Crippen molar-refractivity contribution >= 4 is 69.6 Å². The fourth-order valence-corrected chi connectivity index (χ4v) is 6.79. The van der Waals surface area contributed by atoms with Gasteiger partial charge in [0.25, 0.3) is 17.4 Å². The normalized spacial score (nSPS) is 20.0. The second-order valence-corrected chi connectivity index (χ2v) is 12.3. The third-order valence-corrected chi connectivity index (χ3v) is 8.83. The summed E-state index contributed by atoms with van der Waals surface area (Å²) in [5.74, 6) is -2.28. The van der Waals surface area contributed by atoms with Crippen LogP contribution < -0.4 is 26.8 Å². The largest absolute Gasteiger partial charge is 0.353 e. The minimum Gasteiger partial charge on any atom is -0.353 e. The molecule has 4 amide bonds. The fourth-order valence-electron chi connectivity index (χ4n) is 5.33. The van der Waals surface area contributed by atoms with Crippen LogP contribution in [-0.4, -0.2) is 53.1 Å². The van der Waals surface area contributed by atoms with Gasteiger partial charge in [0.05, 0.1) is 9.90 Å². The maximum Gasteiger partial charge on any atom is 0.287 e. The zero-order valence-corrected chi connectivity index (χ0v) is 24.0. The van der Waals surface area contributed by atoms with Gasteiger partial charge in [-0.25, -0.2) is 0 Å². The number of fused-ring (bicyclic) bond motifs is 2. The number of carbonyl (C=O) groups is 5. The lowest BCUT2D eigenvalue weighted by Crippen LogP contribution is -2.45. The van der Waals surface area contributed by atoms with Gasteiger partial charge in [0.1, 0.15) is 22.6 Å². The van der Waals surface area contributed by atoms with Gasteiger partial charge in [-0.15, -0.1) is 11.3 Å². The topological polar surface area (TPSA) is 155 Å². The molecule has 2 fully saturated rings. The Kier molecular flexibility index (Phi) is 9.64.